The first-order valence-electron chi connectivity index (χ1n) is 7.12. The lowest BCUT2D eigenvalue weighted by Gasteiger charge is -2.28. The van der Waals surface area contributed by atoms with Crippen molar-refractivity contribution in [3.05, 3.63) is 34.9 Å². The van der Waals surface area contributed by atoms with E-state index >= 15 is 0 Å². The summed E-state index contributed by atoms with van der Waals surface area (Å²) in [6.45, 7) is 1.90. The Kier molecular flexibility index (Phi) is 5.74. The Morgan fingerprint density at radius 2 is 2.14 bits per heavy atom. The SMILES string of the molecule is COCCCOC(=O)N1CCc2cc(C(=O)NO)ccc2C1. The number of carbonyl (C=O) groups excluding carboxylic acids is 2. The molecule has 1 aliphatic rings. The second-order valence-corrected chi connectivity index (χ2v) is 5.06. The van der Waals surface area contributed by atoms with Gasteiger partial charge in [0.2, 0.25) is 0 Å². The number of hydroxylamine groups is 1. The third-order valence-electron chi connectivity index (χ3n) is 3.56. The maximum atomic E-state index is 12.0. The highest BCUT2D eigenvalue weighted by atomic mass is 16.6. The van der Waals surface area contributed by atoms with Crippen LogP contribution in [0.25, 0.3) is 0 Å². The molecule has 7 heteroatoms. The van der Waals surface area contributed by atoms with E-state index in [0.717, 1.165) is 11.1 Å². The molecule has 0 fully saturated rings. The summed E-state index contributed by atoms with van der Waals surface area (Å²) in [6.07, 6.45) is 0.986. The lowest BCUT2D eigenvalue weighted by molar-refractivity contribution is 0.0705. The van der Waals surface area contributed by atoms with Gasteiger partial charge >= 0.3 is 6.09 Å². The number of hydrogen-bond acceptors (Lipinski definition) is 5. The first kappa shape index (κ1) is 16.3. The summed E-state index contributed by atoms with van der Waals surface area (Å²) in [5, 5.41) is 8.65. The van der Waals surface area contributed by atoms with Crippen molar-refractivity contribution in [1.82, 2.24) is 10.4 Å². The average molecular weight is 308 g/mol. The molecule has 0 spiro atoms. The topological polar surface area (TPSA) is 88.1 Å². The zero-order valence-corrected chi connectivity index (χ0v) is 12.5. The zero-order chi connectivity index (χ0) is 15.9. The quantitative estimate of drug-likeness (QED) is 0.487. The Bertz CT molecular complexity index is 547. The van der Waals surface area contributed by atoms with E-state index in [2.05, 4.69) is 0 Å². The second-order valence-electron chi connectivity index (χ2n) is 5.06. The van der Waals surface area contributed by atoms with Gasteiger partial charge in [0.15, 0.2) is 0 Å². The van der Waals surface area contributed by atoms with E-state index in [4.69, 9.17) is 14.7 Å². The van der Waals surface area contributed by atoms with Crippen LogP contribution in [0.15, 0.2) is 18.2 Å². The maximum Gasteiger partial charge on any atom is 0.410 e. The van der Waals surface area contributed by atoms with E-state index in [9.17, 15) is 9.59 Å². The number of amides is 2. The molecule has 120 valence electrons. The number of nitrogens with zero attached hydrogens (tertiary/aromatic N) is 1. The summed E-state index contributed by atoms with van der Waals surface area (Å²) in [7, 11) is 1.61. The monoisotopic (exact) mass is 308 g/mol. The standard InChI is InChI=1S/C15H20N2O5/c1-21-7-2-8-22-15(19)17-6-5-11-9-12(14(18)16-20)3-4-13(11)10-17/h3-4,9,20H,2,5-8,10H2,1H3,(H,16,18). The number of fused-ring (bicyclic) bond motifs is 1. The molecule has 0 saturated carbocycles. The number of nitrogens with one attached hydrogen (secondary N) is 1. The van der Waals surface area contributed by atoms with E-state index in [1.807, 2.05) is 0 Å². The molecule has 0 bridgehead atoms. The lowest BCUT2D eigenvalue weighted by atomic mass is 9.97. The first-order chi connectivity index (χ1) is 10.7. The molecule has 0 atom stereocenters. The zero-order valence-electron chi connectivity index (χ0n) is 12.5. The molecule has 1 aromatic carbocycles. The van der Waals surface area contributed by atoms with E-state index in [0.29, 0.717) is 44.7 Å². The van der Waals surface area contributed by atoms with Crippen molar-refractivity contribution in [2.45, 2.75) is 19.4 Å². The van der Waals surface area contributed by atoms with Gasteiger partial charge in [0.25, 0.3) is 5.91 Å². The molecule has 22 heavy (non-hydrogen) atoms. The molecule has 0 radical (unpaired) electrons. The highest BCUT2D eigenvalue weighted by Gasteiger charge is 2.22. The molecule has 0 unspecified atom stereocenters. The molecule has 0 aliphatic carbocycles. The van der Waals surface area contributed by atoms with Gasteiger partial charge in [-0.1, -0.05) is 6.07 Å². The molecule has 1 heterocycles. The summed E-state index contributed by atoms with van der Waals surface area (Å²) < 4.78 is 10.1. The van der Waals surface area contributed by atoms with E-state index in [1.165, 1.54) is 0 Å². The minimum absolute atomic E-state index is 0.334. The van der Waals surface area contributed by atoms with Gasteiger partial charge in [-0.3, -0.25) is 10.0 Å². The van der Waals surface area contributed by atoms with Crippen molar-refractivity contribution in [3.8, 4) is 0 Å². The van der Waals surface area contributed by atoms with Gasteiger partial charge in [-0.2, -0.15) is 0 Å². The van der Waals surface area contributed by atoms with Gasteiger partial charge in [-0.05, 0) is 29.7 Å². The Morgan fingerprint density at radius 3 is 2.86 bits per heavy atom. The molecule has 7 nitrogen and oxygen atoms in total. The van der Waals surface area contributed by atoms with Crippen LogP contribution >= 0.6 is 0 Å². The molecule has 0 saturated heterocycles. The normalized spacial score (nSPS) is 13.5. The third kappa shape index (κ3) is 3.96. The van der Waals surface area contributed by atoms with Gasteiger partial charge < -0.3 is 14.4 Å². The van der Waals surface area contributed by atoms with Crippen molar-refractivity contribution < 1.29 is 24.3 Å². The molecule has 2 rings (SSSR count). The maximum absolute atomic E-state index is 12.0. The summed E-state index contributed by atoms with van der Waals surface area (Å²) in [5.41, 5.74) is 4.00. The minimum Gasteiger partial charge on any atom is -0.449 e. The number of ether oxygens (including phenoxy) is 2. The third-order valence-corrected chi connectivity index (χ3v) is 3.56. The second kappa shape index (κ2) is 7.77. The van der Waals surface area contributed by atoms with Crippen LogP contribution in [0.5, 0.6) is 0 Å². The summed E-state index contributed by atoms with van der Waals surface area (Å²) in [4.78, 5) is 25.0. The van der Waals surface area contributed by atoms with E-state index in [-0.39, 0.29) is 6.09 Å². The first-order valence-corrected chi connectivity index (χ1v) is 7.12. The van der Waals surface area contributed by atoms with Gasteiger partial charge in [-0.25, -0.2) is 10.3 Å². The van der Waals surface area contributed by atoms with Crippen molar-refractivity contribution in [2.24, 2.45) is 0 Å². The molecule has 1 aromatic rings. The molecule has 0 aromatic heterocycles. The van der Waals surface area contributed by atoms with Gasteiger partial charge in [0.1, 0.15) is 0 Å². The lowest BCUT2D eigenvalue weighted by Crippen LogP contribution is -2.36. The number of methoxy groups -OCH3 is 1. The summed E-state index contributed by atoms with van der Waals surface area (Å²) >= 11 is 0. The van der Waals surface area contributed by atoms with Crippen LogP contribution in [-0.2, 0) is 22.4 Å². The van der Waals surface area contributed by atoms with Crippen LogP contribution in [0, 0.1) is 0 Å². The average Bonchev–Trinajstić information content (AvgIpc) is 2.56. The van der Waals surface area contributed by atoms with Crippen LogP contribution in [0.2, 0.25) is 0 Å². The molecule has 1 aliphatic heterocycles. The number of benzene rings is 1. The van der Waals surface area contributed by atoms with Crippen molar-refractivity contribution in [3.63, 3.8) is 0 Å². The Balaban J connectivity index is 1.94. The Labute approximate surface area is 128 Å². The highest BCUT2D eigenvalue weighted by Crippen LogP contribution is 2.21. The largest absolute Gasteiger partial charge is 0.449 e. The predicted molar refractivity (Wildman–Crippen MR) is 77.6 cm³/mol. The Hall–Kier alpha value is -2.12. The fourth-order valence-electron chi connectivity index (χ4n) is 2.37. The van der Waals surface area contributed by atoms with Crippen molar-refractivity contribution in [1.29, 1.82) is 0 Å². The van der Waals surface area contributed by atoms with Gasteiger partial charge in [0, 0.05) is 38.8 Å². The van der Waals surface area contributed by atoms with E-state index < -0.39 is 5.91 Å². The summed E-state index contributed by atoms with van der Waals surface area (Å²) in [5.74, 6) is -0.539. The fraction of sp³-hybridized carbons (Fsp3) is 0.467. The van der Waals surface area contributed by atoms with Crippen molar-refractivity contribution >= 4 is 12.0 Å². The number of carbonyl (C=O) groups is 2. The van der Waals surface area contributed by atoms with Gasteiger partial charge in [-0.15, -0.1) is 0 Å². The molecular formula is C15H20N2O5. The fourth-order valence-corrected chi connectivity index (χ4v) is 2.37. The number of hydrogen-bond donors (Lipinski definition) is 2. The molecule has 2 N–H and O–H groups in total. The van der Waals surface area contributed by atoms with Crippen LogP contribution in [0.1, 0.15) is 27.9 Å². The summed E-state index contributed by atoms with van der Waals surface area (Å²) in [6, 6.07) is 5.16. The number of rotatable bonds is 5. The van der Waals surface area contributed by atoms with E-state index in [1.54, 1.807) is 35.7 Å². The van der Waals surface area contributed by atoms with Crippen LogP contribution in [0.3, 0.4) is 0 Å². The molecule has 2 amide bonds. The minimum atomic E-state index is -0.539. The predicted octanol–water partition coefficient (Wildman–Crippen LogP) is 1.34. The highest BCUT2D eigenvalue weighted by molar-refractivity contribution is 5.93. The van der Waals surface area contributed by atoms with Crippen molar-refractivity contribution in [2.75, 3.05) is 26.9 Å². The smallest absolute Gasteiger partial charge is 0.410 e. The van der Waals surface area contributed by atoms with Crippen LogP contribution in [0.4, 0.5) is 4.79 Å². The Morgan fingerprint density at radius 1 is 1.32 bits per heavy atom. The van der Waals surface area contributed by atoms with Gasteiger partial charge in [0.05, 0.1) is 6.61 Å². The molecular weight excluding hydrogens is 288 g/mol. The van der Waals surface area contributed by atoms with Crippen LogP contribution in [-0.4, -0.2) is 49.0 Å². The van der Waals surface area contributed by atoms with Crippen LogP contribution < -0.4 is 5.48 Å².